The van der Waals surface area contributed by atoms with E-state index in [1.165, 1.54) is 16.8 Å². The van der Waals surface area contributed by atoms with Gasteiger partial charge in [0.05, 0.1) is 24.3 Å². The van der Waals surface area contributed by atoms with Crippen LogP contribution >= 0.6 is 0 Å². The van der Waals surface area contributed by atoms with Crippen LogP contribution in [0.5, 0.6) is 0 Å². The minimum Gasteiger partial charge on any atom is -0.324 e. The molecule has 0 radical (unpaired) electrons. The summed E-state index contributed by atoms with van der Waals surface area (Å²) < 4.78 is 26.7. The molecule has 1 unspecified atom stereocenters. The summed E-state index contributed by atoms with van der Waals surface area (Å²) in [5, 5.41) is 4.85. The van der Waals surface area contributed by atoms with Crippen LogP contribution in [-0.2, 0) is 6.54 Å². The summed E-state index contributed by atoms with van der Waals surface area (Å²) in [7, 11) is 0. The first-order valence-corrected chi connectivity index (χ1v) is 4.63. The van der Waals surface area contributed by atoms with Crippen molar-refractivity contribution in [2.24, 2.45) is 5.73 Å². The second-order valence-corrected chi connectivity index (χ2v) is 3.44. The Morgan fingerprint density at radius 3 is 3.00 bits per heavy atom. The molecule has 1 atom stereocenters. The van der Waals surface area contributed by atoms with Crippen LogP contribution in [0.4, 0.5) is 8.78 Å². The van der Waals surface area contributed by atoms with E-state index in [1.54, 1.807) is 12.3 Å². The van der Waals surface area contributed by atoms with E-state index in [0.717, 1.165) is 5.39 Å². The van der Waals surface area contributed by atoms with Crippen molar-refractivity contribution < 1.29 is 8.78 Å². The lowest BCUT2D eigenvalue weighted by Crippen LogP contribution is -2.28. The molecule has 15 heavy (non-hydrogen) atoms. The molecule has 1 aromatic carbocycles. The van der Waals surface area contributed by atoms with Gasteiger partial charge >= 0.3 is 0 Å². The first kappa shape index (κ1) is 10.0. The number of nitrogens with two attached hydrogens (primary N) is 1. The molecule has 0 amide bonds. The molecule has 3 nitrogen and oxygen atoms in total. The van der Waals surface area contributed by atoms with Crippen molar-refractivity contribution in [3.63, 3.8) is 0 Å². The smallest absolute Gasteiger partial charge is 0.125 e. The van der Waals surface area contributed by atoms with Crippen molar-refractivity contribution in [1.82, 2.24) is 9.78 Å². The standard InChI is InChI=1S/C10H11F2N3/c11-4-9(13)6-15-10-3-8(12)2-1-7(10)5-14-15/h1-3,5,9H,4,6,13H2. The number of alkyl halides is 1. The van der Waals surface area contributed by atoms with Gasteiger partial charge in [-0.1, -0.05) is 0 Å². The first-order chi connectivity index (χ1) is 7.20. The van der Waals surface area contributed by atoms with Crippen LogP contribution in [0.15, 0.2) is 24.4 Å². The molecule has 0 aliphatic rings. The van der Waals surface area contributed by atoms with Gasteiger partial charge in [0, 0.05) is 5.39 Å². The Morgan fingerprint density at radius 2 is 2.27 bits per heavy atom. The molecule has 0 saturated heterocycles. The predicted molar refractivity (Wildman–Crippen MR) is 53.6 cm³/mol. The van der Waals surface area contributed by atoms with Crippen LogP contribution in [-0.4, -0.2) is 22.5 Å². The Morgan fingerprint density at radius 1 is 1.47 bits per heavy atom. The summed E-state index contributed by atoms with van der Waals surface area (Å²) in [6.45, 7) is -0.361. The minimum atomic E-state index is -0.614. The number of rotatable bonds is 3. The fourth-order valence-corrected chi connectivity index (χ4v) is 1.46. The Kier molecular flexibility index (Phi) is 2.64. The van der Waals surface area contributed by atoms with E-state index in [9.17, 15) is 8.78 Å². The molecule has 0 bridgehead atoms. The Bertz CT molecular complexity index is 467. The number of fused-ring (bicyclic) bond motifs is 1. The largest absolute Gasteiger partial charge is 0.324 e. The quantitative estimate of drug-likeness (QED) is 0.835. The van der Waals surface area contributed by atoms with Crippen molar-refractivity contribution in [1.29, 1.82) is 0 Å². The Labute approximate surface area is 85.5 Å². The van der Waals surface area contributed by atoms with E-state index in [0.29, 0.717) is 5.52 Å². The van der Waals surface area contributed by atoms with E-state index in [1.807, 2.05) is 0 Å². The summed E-state index contributed by atoms with van der Waals surface area (Å²) in [4.78, 5) is 0. The molecule has 0 fully saturated rings. The number of nitrogens with zero attached hydrogens (tertiary/aromatic N) is 2. The summed E-state index contributed by atoms with van der Waals surface area (Å²) in [6.07, 6.45) is 1.61. The maximum atomic E-state index is 13.0. The van der Waals surface area contributed by atoms with E-state index >= 15 is 0 Å². The van der Waals surface area contributed by atoms with Crippen molar-refractivity contribution in [3.05, 3.63) is 30.2 Å². The second kappa shape index (κ2) is 3.94. The molecule has 0 spiro atoms. The van der Waals surface area contributed by atoms with E-state index < -0.39 is 12.7 Å². The van der Waals surface area contributed by atoms with Crippen molar-refractivity contribution in [2.75, 3.05) is 6.67 Å². The van der Waals surface area contributed by atoms with E-state index in [2.05, 4.69) is 5.10 Å². The average Bonchev–Trinajstić information content (AvgIpc) is 2.61. The Hall–Kier alpha value is -1.49. The third-order valence-corrected chi connectivity index (χ3v) is 2.21. The van der Waals surface area contributed by atoms with Crippen molar-refractivity contribution >= 4 is 10.9 Å². The van der Waals surface area contributed by atoms with Gasteiger partial charge in [0.25, 0.3) is 0 Å². The topological polar surface area (TPSA) is 43.8 Å². The maximum absolute atomic E-state index is 13.0. The lowest BCUT2D eigenvalue weighted by molar-refractivity contribution is 0.389. The summed E-state index contributed by atoms with van der Waals surface area (Å²) in [5.74, 6) is -0.335. The zero-order valence-electron chi connectivity index (χ0n) is 8.03. The number of hydrogen-bond acceptors (Lipinski definition) is 2. The van der Waals surface area contributed by atoms with Crippen molar-refractivity contribution in [2.45, 2.75) is 12.6 Å². The first-order valence-electron chi connectivity index (χ1n) is 4.63. The fraction of sp³-hybridized carbons (Fsp3) is 0.300. The molecule has 1 heterocycles. The molecule has 0 aliphatic heterocycles. The zero-order valence-corrected chi connectivity index (χ0v) is 8.03. The number of benzene rings is 1. The molecule has 0 aliphatic carbocycles. The van der Waals surface area contributed by atoms with Crippen LogP contribution in [0.1, 0.15) is 0 Å². The summed E-state index contributed by atoms with van der Waals surface area (Å²) in [6, 6.07) is 3.77. The highest BCUT2D eigenvalue weighted by Gasteiger charge is 2.07. The SMILES string of the molecule is NC(CF)Cn1ncc2ccc(F)cc21. The normalized spacial score (nSPS) is 13.3. The molecule has 1 aromatic heterocycles. The number of hydrogen-bond donors (Lipinski definition) is 1. The van der Waals surface area contributed by atoms with Gasteiger partial charge in [-0.3, -0.25) is 4.68 Å². The average molecular weight is 211 g/mol. The summed E-state index contributed by atoms with van der Waals surface area (Å²) >= 11 is 0. The third-order valence-electron chi connectivity index (χ3n) is 2.21. The monoisotopic (exact) mass is 211 g/mol. The maximum Gasteiger partial charge on any atom is 0.125 e. The predicted octanol–water partition coefficient (Wildman–Crippen LogP) is 1.47. The summed E-state index contributed by atoms with van der Waals surface area (Å²) in [5.41, 5.74) is 6.10. The van der Waals surface area contributed by atoms with Gasteiger partial charge in [-0.25, -0.2) is 8.78 Å². The fourth-order valence-electron chi connectivity index (χ4n) is 1.46. The number of aromatic nitrogens is 2. The molecule has 5 heteroatoms. The van der Waals surface area contributed by atoms with Crippen LogP contribution in [0, 0.1) is 5.82 Å². The highest BCUT2D eigenvalue weighted by molar-refractivity contribution is 5.78. The third kappa shape index (κ3) is 1.97. The van der Waals surface area contributed by atoms with Crippen molar-refractivity contribution in [3.8, 4) is 0 Å². The van der Waals surface area contributed by atoms with Gasteiger partial charge in [0.2, 0.25) is 0 Å². The molecule has 80 valence electrons. The second-order valence-electron chi connectivity index (χ2n) is 3.44. The molecular weight excluding hydrogens is 200 g/mol. The molecule has 0 saturated carbocycles. The lowest BCUT2D eigenvalue weighted by atomic mass is 10.2. The van der Waals surface area contributed by atoms with Crippen LogP contribution in [0.2, 0.25) is 0 Å². The molecular formula is C10H11F2N3. The van der Waals surface area contributed by atoms with Gasteiger partial charge in [-0.15, -0.1) is 0 Å². The van der Waals surface area contributed by atoms with Gasteiger partial charge in [0.15, 0.2) is 0 Å². The molecule has 2 aromatic rings. The Balaban J connectivity index is 2.39. The highest BCUT2D eigenvalue weighted by Crippen LogP contribution is 2.15. The van der Waals surface area contributed by atoms with Gasteiger partial charge in [-0.2, -0.15) is 5.10 Å². The van der Waals surface area contributed by atoms with Gasteiger partial charge in [0.1, 0.15) is 12.5 Å². The van der Waals surface area contributed by atoms with Gasteiger partial charge in [-0.05, 0) is 18.2 Å². The number of halogens is 2. The van der Waals surface area contributed by atoms with Crippen LogP contribution in [0.3, 0.4) is 0 Å². The molecule has 2 rings (SSSR count). The van der Waals surface area contributed by atoms with Gasteiger partial charge < -0.3 is 5.73 Å². The lowest BCUT2D eigenvalue weighted by Gasteiger charge is -2.07. The zero-order chi connectivity index (χ0) is 10.8. The van der Waals surface area contributed by atoms with Crippen LogP contribution < -0.4 is 5.73 Å². The minimum absolute atomic E-state index is 0.253. The highest BCUT2D eigenvalue weighted by atomic mass is 19.1. The van der Waals surface area contributed by atoms with Crippen LogP contribution in [0.25, 0.3) is 10.9 Å². The van der Waals surface area contributed by atoms with E-state index in [4.69, 9.17) is 5.73 Å². The van der Waals surface area contributed by atoms with E-state index in [-0.39, 0.29) is 12.4 Å². The molecule has 2 N–H and O–H groups in total.